The first-order valence-corrected chi connectivity index (χ1v) is 15.3. The molecule has 1 spiro atoms. The Balaban J connectivity index is 1.73. The number of ether oxygens (including phenoxy) is 2. The molecule has 0 radical (unpaired) electrons. The fraction of sp³-hybridized carbons (Fsp3) is 0.848. The molecule has 0 aromatic heterocycles. The number of aliphatic hydroxyl groups is 1. The highest BCUT2D eigenvalue weighted by atomic mass is 16.5. The Morgan fingerprint density at radius 2 is 1.49 bits per heavy atom. The maximum Gasteiger partial charge on any atom is 0.311 e. The number of fused-ring (bicyclic) bond motifs is 3. The molecule has 228 valence electrons. The van der Waals surface area contributed by atoms with Gasteiger partial charge in [0.2, 0.25) is 5.78 Å². The number of esters is 2. The lowest BCUT2D eigenvalue weighted by Crippen LogP contribution is -2.86. The largest absolute Gasteiger partial charge is 0.469 e. The minimum atomic E-state index is -1.91. The minimum Gasteiger partial charge on any atom is -0.469 e. The van der Waals surface area contributed by atoms with Crippen LogP contribution in [0.25, 0.3) is 0 Å². The van der Waals surface area contributed by atoms with Crippen molar-refractivity contribution in [3.63, 3.8) is 0 Å². The van der Waals surface area contributed by atoms with Gasteiger partial charge in [-0.3, -0.25) is 24.0 Å². The summed E-state index contributed by atoms with van der Waals surface area (Å²) in [5.41, 5.74) is -8.33. The van der Waals surface area contributed by atoms with Crippen LogP contribution in [0.2, 0.25) is 0 Å². The van der Waals surface area contributed by atoms with Crippen LogP contribution < -0.4 is 0 Å². The van der Waals surface area contributed by atoms with Crippen LogP contribution in [0.1, 0.15) is 113 Å². The Hall–Kier alpha value is -2.09. The van der Waals surface area contributed by atoms with Crippen molar-refractivity contribution in [2.75, 3.05) is 7.11 Å². The molecule has 0 heterocycles. The zero-order valence-electron chi connectivity index (χ0n) is 26.3. The number of rotatable bonds is 2. The van der Waals surface area contributed by atoms with E-state index in [4.69, 9.17) is 9.47 Å². The van der Waals surface area contributed by atoms with Gasteiger partial charge in [-0.25, -0.2) is 0 Å². The van der Waals surface area contributed by atoms with Crippen LogP contribution in [-0.2, 0) is 33.4 Å². The number of methoxy groups -OCH3 is 1. The first kappa shape index (κ1) is 30.4. The van der Waals surface area contributed by atoms with Crippen molar-refractivity contribution in [3.05, 3.63) is 0 Å². The van der Waals surface area contributed by atoms with Crippen LogP contribution in [0.4, 0.5) is 0 Å². The van der Waals surface area contributed by atoms with Gasteiger partial charge in [0.1, 0.15) is 11.7 Å². The van der Waals surface area contributed by atoms with Gasteiger partial charge < -0.3 is 14.6 Å². The Bertz CT molecular complexity index is 1250. The summed E-state index contributed by atoms with van der Waals surface area (Å²) in [7, 11) is 1.39. The maximum atomic E-state index is 14.4. The standard InChI is InChI=1S/C33H48O8/c1-19(34)41-22-10-11-30(7)24(37)32(39)18-31(8)21-17-28(5,25(38)40-9)13-12-27(21,4)14-15-29(31,6)23(36)20(35)16-33(30,32)26(22,2)3/h21-22,39H,10-18H2,1-9H3/t21-,22+,27-,28-,29-,30-,31+,32+,33-/m1/s1. The lowest BCUT2D eigenvalue weighted by molar-refractivity contribution is -0.317. The number of hydrogen-bond acceptors (Lipinski definition) is 8. The monoisotopic (exact) mass is 572 g/mol. The van der Waals surface area contributed by atoms with E-state index >= 15 is 0 Å². The summed E-state index contributed by atoms with van der Waals surface area (Å²) in [6.45, 7) is 14.8. The van der Waals surface area contributed by atoms with E-state index in [1.807, 2.05) is 41.5 Å². The molecule has 0 unspecified atom stereocenters. The lowest BCUT2D eigenvalue weighted by atomic mass is 9.25. The molecule has 5 fully saturated rings. The topological polar surface area (TPSA) is 124 Å². The maximum absolute atomic E-state index is 14.4. The van der Waals surface area contributed by atoms with E-state index < -0.39 is 61.7 Å². The summed E-state index contributed by atoms with van der Waals surface area (Å²) in [5, 5.41) is 12.9. The number of carbonyl (C=O) groups is 5. The van der Waals surface area contributed by atoms with Crippen molar-refractivity contribution >= 4 is 29.3 Å². The first-order chi connectivity index (χ1) is 18.7. The van der Waals surface area contributed by atoms with Crippen LogP contribution in [0, 0.1) is 43.8 Å². The lowest BCUT2D eigenvalue weighted by Gasteiger charge is -2.77. The molecule has 0 bridgehead atoms. The van der Waals surface area contributed by atoms with Crippen molar-refractivity contribution in [1.82, 2.24) is 0 Å². The van der Waals surface area contributed by atoms with Crippen LogP contribution in [0.3, 0.4) is 0 Å². The van der Waals surface area contributed by atoms with E-state index in [2.05, 4.69) is 6.92 Å². The highest BCUT2D eigenvalue weighted by Gasteiger charge is 2.87. The molecule has 5 saturated carbocycles. The minimum absolute atomic E-state index is 0.0116. The molecule has 5 aliphatic carbocycles. The molecule has 5 rings (SSSR count). The zero-order valence-corrected chi connectivity index (χ0v) is 26.3. The van der Waals surface area contributed by atoms with E-state index in [-0.39, 0.29) is 35.9 Å². The van der Waals surface area contributed by atoms with Gasteiger partial charge >= 0.3 is 11.9 Å². The number of carbonyl (C=O) groups excluding carboxylic acids is 5. The van der Waals surface area contributed by atoms with Crippen molar-refractivity contribution in [2.45, 2.75) is 125 Å². The quantitative estimate of drug-likeness (QED) is 0.371. The molecule has 9 atom stereocenters. The molecular weight excluding hydrogens is 524 g/mol. The third kappa shape index (κ3) is 3.29. The molecule has 0 amide bonds. The molecule has 0 aromatic rings. The van der Waals surface area contributed by atoms with Crippen molar-refractivity contribution in [3.8, 4) is 0 Å². The third-order valence-corrected chi connectivity index (χ3v) is 14.1. The van der Waals surface area contributed by atoms with Gasteiger partial charge in [-0.15, -0.1) is 0 Å². The average Bonchev–Trinajstić information content (AvgIpc) is 2.90. The van der Waals surface area contributed by atoms with Crippen LogP contribution >= 0.6 is 0 Å². The number of ketones is 3. The van der Waals surface area contributed by atoms with Crippen LogP contribution in [0.15, 0.2) is 0 Å². The Kier molecular flexibility index (Phi) is 6.30. The molecule has 1 N–H and O–H groups in total. The molecule has 8 nitrogen and oxygen atoms in total. The molecule has 0 saturated heterocycles. The van der Waals surface area contributed by atoms with E-state index in [1.54, 1.807) is 0 Å². The second kappa shape index (κ2) is 8.51. The number of hydrogen-bond donors (Lipinski definition) is 1. The van der Waals surface area contributed by atoms with Crippen molar-refractivity contribution in [2.24, 2.45) is 43.8 Å². The average molecular weight is 573 g/mol. The molecule has 8 heteroatoms. The van der Waals surface area contributed by atoms with Gasteiger partial charge in [0.15, 0.2) is 11.6 Å². The Morgan fingerprint density at radius 1 is 0.878 bits per heavy atom. The van der Waals surface area contributed by atoms with Gasteiger partial charge in [0, 0.05) is 35.0 Å². The zero-order chi connectivity index (χ0) is 30.8. The summed E-state index contributed by atoms with van der Waals surface area (Å²) < 4.78 is 11.0. The summed E-state index contributed by atoms with van der Waals surface area (Å²) >= 11 is 0. The molecule has 0 aliphatic heterocycles. The highest BCUT2D eigenvalue weighted by Crippen LogP contribution is 2.80. The van der Waals surface area contributed by atoms with E-state index in [1.165, 1.54) is 14.0 Å². The van der Waals surface area contributed by atoms with E-state index in [0.29, 0.717) is 32.1 Å². The third-order valence-electron chi connectivity index (χ3n) is 14.1. The molecule has 5 aliphatic rings. The van der Waals surface area contributed by atoms with Crippen LogP contribution in [-0.4, -0.2) is 53.2 Å². The SMILES string of the molecule is COC(=O)[C@]1(C)CC[C@]2(C)CC[C@]3(C)C(=O)C(=O)C[C@@]45C(C)(C)[C@@H](OC(C)=O)CC[C@]4(C)C(=O)[C@@]5(O)C[C@@]3(C)[C@@H]2C1. The van der Waals surface area contributed by atoms with Gasteiger partial charge in [0.25, 0.3) is 0 Å². The van der Waals surface area contributed by atoms with Gasteiger partial charge in [-0.1, -0.05) is 41.5 Å². The Morgan fingerprint density at radius 3 is 2.07 bits per heavy atom. The summed E-state index contributed by atoms with van der Waals surface area (Å²) in [4.78, 5) is 68.1. The normalized spacial score (nSPS) is 50.5. The predicted octanol–water partition coefficient (Wildman–Crippen LogP) is 4.77. The van der Waals surface area contributed by atoms with E-state index in [9.17, 15) is 29.1 Å². The van der Waals surface area contributed by atoms with E-state index in [0.717, 1.165) is 12.8 Å². The molecule has 0 aromatic carbocycles. The fourth-order valence-electron chi connectivity index (χ4n) is 11.4. The van der Waals surface area contributed by atoms with Crippen molar-refractivity contribution < 1.29 is 38.6 Å². The number of Topliss-reactive ketones (excluding diaryl/α,β-unsaturated/α-hetero) is 3. The molecular formula is C33H48O8. The second-order valence-corrected chi connectivity index (χ2v) is 16.1. The first-order valence-electron chi connectivity index (χ1n) is 15.3. The molecule has 41 heavy (non-hydrogen) atoms. The van der Waals surface area contributed by atoms with Gasteiger partial charge in [-0.2, -0.15) is 0 Å². The van der Waals surface area contributed by atoms with Gasteiger partial charge in [-0.05, 0) is 75.0 Å². The second-order valence-electron chi connectivity index (χ2n) is 16.1. The van der Waals surface area contributed by atoms with Crippen LogP contribution in [0.5, 0.6) is 0 Å². The predicted molar refractivity (Wildman–Crippen MR) is 149 cm³/mol. The fourth-order valence-corrected chi connectivity index (χ4v) is 11.4. The van der Waals surface area contributed by atoms with Crippen molar-refractivity contribution in [1.29, 1.82) is 0 Å². The summed E-state index contributed by atoms with van der Waals surface area (Å²) in [6.07, 6.45) is 2.94. The highest BCUT2D eigenvalue weighted by molar-refractivity contribution is 6.40. The Labute approximate surface area is 243 Å². The van der Waals surface area contributed by atoms with Gasteiger partial charge in [0.05, 0.1) is 12.5 Å². The smallest absolute Gasteiger partial charge is 0.311 e. The summed E-state index contributed by atoms with van der Waals surface area (Å²) in [6, 6.07) is 0. The summed E-state index contributed by atoms with van der Waals surface area (Å²) in [5.74, 6) is -2.29.